The van der Waals surface area contributed by atoms with Crippen LogP contribution >= 0.6 is 0 Å². The van der Waals surface area contributed by atoms with Gasteiger partial charge in [-0.3, -0.25) is 5.43 Å². The number of nitrogens with zero attached hydrogens (tertiary/aromatic N) is 5. The highest BCUT2D eigenvalue weighted by Gasteiger charge is 2.08. The van der Waals surface area contributed by atoms with Crippen molar-refractivity contribution in [1.82, 2.24) is 19.8 Å². The number of benzene rings is 3. The summed E-state index contributed by atoms with van der Waals surface area (Å²) in [4.78, 5) is 0. The minimum absolute atomic E-state index is 0.657. The molecule has 0 unspecified atom stereocenters. The van der Waals surface area contributed by atoms with Gasteiger partial charge in [-0.1, -0.05) is 66.7 Å². The van der Waals surface area contributed by atoms with Crippen molar-refractivity contribution in [2.75, 3.05) is 5.43 Å². The number of anilines is 1. The van der Waals surface area contributed by atoms with Gasteiger partial charge >= 0.3 is 0 Å². The van der Waals surface area contributed by atoms with Crippen LogP contribution in [0.15, 0.2) is 78.2 Å². The van der Waals surface area contributed by atoms with Gasteiger partial charge in [-0.25, -0.2) is 0 Å². The quantitative estimate of drug-likeness (QED) is 0.400. The minimum atomic E-state index is 0.657. The average Bonchev–Trinajstić information content (AvgIpc) is 3.17. The number of rotatable bonds is 3. The Balaban J connectivity index is 1.56. The molecule has 0 saturated heterocycles. The second-order valence-electron chi connectivity index (χ2n) is 5.93. The van der Waals surface area contributed by atoms with Crippen LogP contribution in [0.1, 0.15) is 5.56 Å². The smallest absolute Gasteiger partial charge is 0.185 e. The van der Waals surface area contributed by atoms with Gasteiger partial charge in [0.05, 0.1) is 6.21 Å². The monoisotopic (exact) mass is 338 g/mol. The summed E-state index contributed by atoms with van der Waals surface area (Å²) in [6.07, 6.45) is 3.40. The molecular weight excluding hydrogens is 324 g/mol. The molecule has 124 valence electrons. The number of hydrogen-bond acceptors (Lipinski definition) is 5. The van der Waals surface area contributed by atoms with Crippen molar-refractivity contribution < 1.29 is 0 Å². The van der Waals surface area contributed by atoms with E-state index in [0.29, 0.717) is 5.82 Å². The van der Waals surface area contributed by atoms with E-state index in [-0.39, 0.29) is 0 Å². The number of nitrogens with one attached hydrogen (secondary N) is 1. The maximum atomic E-state index is 4.52. The molecule has 0 aliphatic rings. The van der Waals surface area contributed by atoms with Gasteiger partial charge in [-0.15, -0.1) is 15.3 Å². The maximum Gasteiger partial charge on any atom is 0.185 e. The van der Waals surface area contributed by atoms with E-state index in [2.05, 4.69) is 44.0 Å². The van der Waals surface area contributed by atoms with Gasteiger partial charge in [0.2, 0.25) is 0 Å². The first-order valence-electron chi connectivity index (χ1n) is 8.26. The van der Waals surface area contributed by atoms with Crippen molar-refractivity contribution in [3.05, 3.63) is 78.6 Å². The summed E-state index contributed by atoms with van der Waals surface area (Å²) in [7, 11) is 0. The van der Waals surface area contributed by atoms with Crippen molar-refractivity contribution in [3.63, 3.8) is 0 Å². The van der Waals surface area contributed by atoms with Gasteiger partial charge in [0.25, 0.3) is 0 Å². The van der Waals surface area contributed by atoms with E-state index < -0.39 is 0 Å². The van der Waals surface area contributed by atoms with Crippen LogP contribution in [0.3, 0.4) is 0 Å². The first kappa shape index (κ1) is 14.5. The zero-order chi connectivity index (χ0) is 17.3. The van der Waals surface area contributed by atoms with Crippen molar-refractivity contribution in [1.29, 1.82) is 0 Å². The molecule has 2 aromatic heterocycles. The molecule has 0 bridgehead atoms. The van der Waals surface area contributed by atoms with Gasteiger partial charge in [-0.2, -0.15) is 9.62 Å². The highest BCUT2D eigenvalue weighted by atomic mass is 15.4. The molecule has 0 atom stereocenters. The molecule has 5 aromatic rings. The van der Waals surface area contributed by atoms with E-state index >= 15 is 0 Å². The molecule has 6 nitrogen and oxygen atoms in total. The zero-order valence-electron chi connectivity index (χ0n) is 13.7. The zero-order valence-corrected chi connectivity index (χ0v) is 13.7. The average molecular weight is 338 g/mol. The fourth-order valence-electron chi connectivity index (χ4n) is 3.14. The first-order chi connectivity index (χ1) is 12.9. The minimum Gasteiger partial charge on any atom is -0.259 e. The number of fused-ring (bicyclic) bond motifs is 4. The highest BCUT2D eigenvalue weighted by molar-refractivity contribution is 6.01. The predicted molar refractivity (Wildman–Crippen MR) is 103 cm³/mol. The van der Waals surface area contributed by atoms with Crippen LogP contribution in [0.4, 0.5) is 5.82 Å². The van der Waals surface area contributed by atoms with Crippen molar-refractivity contribution in [2.24, 2.45) is 5.10 Å². The molecule has 0 aliphatic carbocycles. The summed E-state index contributed by atoms with van der Waals surface area (Å²) in [5.74, 6) is 0.657. The Morgan fingerprint density at radius 1 is 0.846 bits per heavy atom. The normalized spacial score (nSPS) is 11.7. The molecule has 0 radical (unpaired) electrons. The van der Waals surface area contributed by atoms with Crippen LogP contribution in [0.25, 0.3) is 27.2 Å². The molecule has 0 fully saturated rings. The van der Waals surface area contributed by atoms with Crippen LogP contribution in [0.5, 0.6) is 0 Å². The Morgan fingerprint density at radius 2 is 1.62 bits per heavy atom. The molecule has 0 amide bonds. The van der Waals surface area contributed by atoms with Crippen LogP contribution in [0, 0.1) is 0 Å². The van der Waals surface area contributed by atoms with E-state index in [9.17, 15) is 0 Å². The summed E-state index contributed by atoms with van der Waals surface area (Å²) >= 11 is 0. The van der Waals surface area contributed by atoms with E-state index in [1.54, 1.807) is 10.8 Å². The van der Waals surface area contributed by atoms with Crippen molar-refractivity contribution in [2.45, 2.75) is 0 Å². The maximum absolute atomic E-state index is 4.52. The van der Waals surface area contributed by atoms with Crippen LogP contribution < -0.4 is 5.43 Å². The standard InChI is InChI=1S/C20H14N6/c1-2-9-16-14(6-1)7-5-8-15(16)12-21-23-19-17-10-3-4-11-18(17)20-24-22-13-26(20)25-19/h1-13H,(H,23,25)/b21-12+. The Hall–Kier alpha value is -3.80. The van der Waals surface area contributed by atoms with Crippen LogP contribution in [0.2, 0.25) is 0 Å². The lowest BCUT2D eigenvalue weighted by molar-refractivity contribution is 0.934. The van der Waals surface area contributed by atoms with Gasteiger partial charge < -0.3 is 0 Å². The van der Waals surface area contributed by atoms with E-state index in [1.165, 1.54) is 5.39 Å². The molecule has 0 saturated carbocycles. The van der Waals surface area contributed by atoms with Gasteiger partial charge in [0.1, 0.15) is 6.33 Å². The Kier molecular flexibility index (Phi) is 3.31. The lowest BCUT2D eigenvalue weighted by Gasteiger charge is -2.06. The first-order valence-corrected chi connectivity index (χ1v) is 8.26. The SMILES string of the molecule is C(=N\Nc1nn2cnnc2c2ccccc12)/c1cccc2ccccc12. The van der Waals surface area contributed by atoms with E-state index in [0.717, 1.165) is 27.4 Å². The lowest BCUT2D eigenvalue weighted by atomic mass is 10.1. The summed E-state index contributed by atoms with van der Waals surface area (Å²) in [5, 5.41) is 21.3. The summed E-state index contributed by atoms with van der Waals surface area (Å²) in [5.41, 5.74) is 4.84. The molecule has 2 heterocycles. The van der Waals surface area contributed by atoms with Gasteiger partial charge in [-0.05, 0) is 10.8 Å². The summed E-state index contributed by atoms with van der Waals surface area (Å²) in [6, 6.07) is 22.3. The van der Waals surface area contributed by atoms with Crippen molar-refractivity contribution in [3.8, 4) is 0 Å². The fraction of sp³-hybridized carbons (Fsp3) is 0. The van der Waals surface area contributed by atoms with Crippen LogP contribution in [-0.2, 0) is 0 Å². The molecule has 3 aromatic carbocycles. The van der Waals surface area contributed by atoms with E-state index in [4.69, 9.17) is 0 Å². The second-order valence-corrected chi connectivity index (χ2v) is 5.93. The molecule has 26 heavy (non-hydrogen) atoms. The molecule has 6 heteroatoms. The molecule has 1 N–H and O–H groups in total. The summed E-state index contributed by atoms with van der Waals surface area (Å²) in [6.45, 7) is 0. The van der Waals surface area contributed by atoms with Gasteiger partial charge in [0.15, 0.2) is 11.5 Å². The second kappa shape index (κ2) is 5.93. The lowest BCUT2D eigenvalue weighted by Crippen LogP contribution is -2.00. The highest BCUT2D eigenvalue weighted by Crippen LogP contribution is 2.24. The third-order valence-electron chi connectivity index (χ3n) is 4.36. The molecular formula is C20H14N6. The Bertz CT molecular complexity index is 1270. The topological polar surface area (TPSA) is 67.5 Å². The predicted octanol–water partition coefficient (Wildman–Crippen LogP) is 3.88. The number of hydrogen-bond donors (Lipinski definition) is 1. The molecule has 0 aliphatic heterocycles. The largest absolute Gasteiger partial charge is 0.259 e. The number of aromatic nitrogens is 4. The van der Waals surface area contributed by atoms with Crippen molar-refractivity contribution >= 4 is 39.2 Å². The van der Waals surface area contributed by atoms with E-state index in [1.807, 2.05) is 54.7 Å². The van der Waals surface area contributed by atoms with Gasteiger partial charge in [0, 0.05) is 16.3 Å². The Labute approximate surface area is 148 Å². The number of hydrazone groups is 1. The van der Waals surface area contributed by atoms with Crippen LogP contribution in [-0.4, -0.2) is 26.0 Å². The third-order valence-corrected chi connectivity index (χ3v) is 4.36. The third kappa shape index (κ3) is 2.36. The summed E-state index contributed by atoms with van der Waals surface area (Å²) < 4.78 is 1.65. The fourth-order valence-corrected chi connectivity index (χ4v) is 3.14. The molecule has 5 rings (SSSR count). The Morgan fingerprint density at radius 3 is 2.54 bits per heavy atom. The molecule has 0 spiro atoms.